The van der Waals surface area contributed by atoms with Crippen LogP contribution in [0.4, 0.5) is 0 Å². The van der Waals surface area contributed by atoms with Crippen LogP contribution in [-0.4, -0.2) is 17.8 Å². The monoisotopic (exact) mass is 303 g/mol. The zero-order valence-corrected chi connectivity index (χ0v) is 12.3. The molecule has 2 N–H and O–H groups in total. The molecule has 0 saturated heterocycles. The predicted molar refractivity (Wildman–Crippen MR) is 78.8 cm³/mol. The molecule has 0 atom stereocenters. The maximum Gasteiger partial charge on any atom is 0.338 e. The summed E-state index contributed by atoms with van der Waals surface area (Å²) >= 11 is 0. The van der Waals surface area contributed by atoms with Gasteiger partial charge in [-0.25, -0.2) is 4.79 Å². The van der Waals surface area contributed by atoms with Gasteiger partial charge in [-0.2, -0.15) is 0 Å². The molecule has 6 heteroatoms. The van der Waals surface area contributed by atoms with Gasteiger partial charge in [0.2, 0.25) is 0 Å². The van der Waals surface area contributed by atoms with Gasteiger partial charge in [-0.15, -0.1) is 0 Å². The Morgan fingerprint density at radius 3 is 2.41 bits per heavy atom. The van der Waals surface area contributed by atoms with Gasteiger partial charge in [0, 0.05) is 6.42 Å². The standard InChI is InChI=1S/C16H20N2O4/c17-14(10-11-6-8-12(9-7-11)15(19)20)18-22-16(21)13-4-2-1-3-5-13/h6-9,13H,1-5,10H2,(H2,17,18)(H,19,20)/p-1. The number of hydrogen-bond donors (Lipinski definition) is 1. The molecule has 1 saturated carbocycles. The van der Waals surface area contributed by atoms with Gasteiger partial charge in [0.25, 0.3) is 0 Å². The van der Waals surface area contributed by atoms with Gasteiger partial charge in [0.1, 0.15) is 5.84 Å². The van der Waals surface area contributed by atoms with Crippen molar-refractivity contribution in [3.05, 3.63) is 35.4 Å². The molecule has 0 heterocycles. The number of carboxylic acid groups (broad SMARTS) is 1. The van der Waals surface area contributed by atoms with Crippen LogP contribution in [0.2, 0.25) is 0 Å². The molecule has 0 bridgehead atoms. The van der Waals surface area contributed by atoms with Gasteiger partial charge in [-0.05, 0) is 24.0 Å². The lowest BCUT2D eigenvalue weighted by molar-refractivity contribution is -0.255. The second kappa shape index (κ2) is 7.59. The summed E-state index contributed by atoms with van der Waals surface area (Å²) in [6.07, 6.45) is 5.23. The van der Waals surface area contributed by atoms with Crippen molar-refractivity contribution >= 4 is 17.8 Å². The minimum absolute atomic E-state index is 0.0762. The maximum absolute atomic E-state index is 11.8. The lowest BCUT2D eigenvalue weighted by atomic mass is 9.89. The topological polar surface area (TPSA) is 105 Å². The van der Waals surface area contributed by atoms with E-state index in [0.29, 0.717) is 0 Å². The summed E-state index contributed by atoms with van der Waals surface area (Å²) in [4.78, 5) is 27.4. The molecule has 0 spiro atoms. The molecule has 0 aromatic heterocycles. The highest BCUT2D eigenvalue weighted by Gasteiger charge is 2.22. The molecule has 1 fully saturated rings. The number of aromatic carboxylic acids is 1. The van der Waals surface area contributed by atoms with Gasteiger partial charge in [0.05, 0.1) is 11.9 Å². The summed E-state index contributed by atoms with van der Waals surface area (Å²) in [6.45, 7) is 0. The van der Waals surface area contributed by atoms with Crippen LogP contribution in [-0.2, 0) is 16.1 Å². The van der Waals surface area contributed by atoms with Crippen molar-refractivity contribution in [2.75, 3.05) is 0 Å². The normalized spacial score (nSPS) is 16.3. The van der Waals surface area contributed by atoms with Crippen LogP contribution in [0.15, 0.2) is 29.4 Å². The van der Waals surface area contributed by atoms with Crippen molar-refractivity contribution < 1.29 is 19.5 Å². The molecular weight excluding hydrogens is 284 g/mol. The number of oxime groups is 1. The summed E-state index contributed by atoms with van der Waals surface area (Å²) in [5, 5.41) is 14.3. The molecule has 1 aliphatic carbocycles. The fraction of sp³-hybridized carbons (Fsp3) is 0.438. The largest absolute Gasteiger partial charge is 0.545 e. The smallest absolute Gasteiger partial charge is 0.338 e. The molecule has 0 unspecified atom stereocenters. The first-order valence-electron chi connectivity index (χ1n) is 7.39. The van der Waals surface area contributed by atoms with Crippen molar-refractivity contribution in [1.82, 2.24) is 0 Å². The summed E-state index contributed by atoms with van der Waals surface area (Å²) < 4.78 is 0. The van der Waals surface area contributed by atoms with E-state index in [4.69, 9.17) is 10.6 Å². The molecule has 1 aromatic carbocycles. The molecule has 1 aliphatic rings. The van der Waals surface area contributed by atoms with E-state index < -0.39 is 5.97 Å². The van der Waals surface area contributed by atoms with Crippen LogP contribution in [0.5, 0.6) is 0 Å². The first-order chi connectivity index (χ1) is 10.6. The van der Waals surface area contributed by atoms with Crippen molar-refractivity contribution in [3.63, 3.8) is 0 Å². The first kappa shape index (κ1) is 16.0. The highest BCUT2D eigenvalue weighted by Crippen LogP contribution is 2.24. The summed E-state index contributed by atoms with van der Waals surface area (Å²) in [5.41, 5.74) is 6.60. The summed E-state index contributed by atoms with van der Waals surface area (Å²) in [6, 6.07) is 6.12. The van der Waals surface area contributed by atoms with E-state index in [1.54, 1.807) is 12.1 Å². The number of amidine groups is 1. The first-order valence-corrected chi connectivity index (χ1v) is 7.39. The Hall–Kier alpha value is -2.37. The quantitative estimate of drug-likeness (QED) is 0.378. The summed E-state index contributed by atoms with van der Waals surface area (Å²) in [7, 11) is 0. The van der Waals surface area contributed by atoms with Crippen LogP contribution in [0.3, 0.4) is 0 Å². The van der Waals surface area contributed by atoms with Crippen LogP contribution in [0.1, 0.15) is 48.0 Å². The van der Waals surface area contributed by atoms with E-state index in [9.17, 15) is 14.7 Å². The molecule has 0 amide bonds. The highest BCUT2D eigenvalue weighted by molar-refractivity contribution is 5.86. The lowest BCUT2D eigenvalue weighted by Gasteiger charge is -2.18. The third-order valence-electron chi connectivity index (χ3n) is 3.77. The Morgan fingerprint density at radius 2 is 1.82 bits per heavy atom. The fourth-order valence-corrected chi connectivity index (χ4v) is 2.52. The van der Waals surface area contributed by atoms with E-state index in [2.05, 4.69) is 5.16 Å². The highest BCUT2D eigenvalue weighted by atomic mass is 16.7. The van der Waals surface area contributed by atoms with Gasteiger partial charge < -0.3 is 20.5 Å². The second-order valence-electron chi connectivity index (χ2n) is 5.49. The molecular formula is C16H19N2O4-. The average Bonchev–Trinajstić information content (AvgIpc) is 2.54. The maximum atomic E-state index is 11.8. The Labute approximate surface area is 128 Å². The van der Waals surface area contributed by atoms with E-state index in [0.717, 1.165) is 37.7 Å². The number of carboxylic acids is 1. The second-order valence-corrected chi connectivity index (χ2v) is 5.49. The molecule has 6 nitrogen and oxygen atoms in total. The van der Waals surface area contributed by atoms with Gasteiger partial charge in [-0.1, -0.05) is 48.7 Å². The number of carbonyl (C=O) groups is 2. The molecule has 118 valence electrons. The van der Waals surface area contributed by atoms with Gasteiger partial charge >= 0.3 is 5.97 Å². The third kappa shape index (κ3) is 4.58. The third-order valence-corrected chi connectivity index (χ3v) is 3.77. The number of nitrogens with two attached hydrogens (primary N) is 1. The molecule has 0 radical (unpaired) electrons. The van der Waals surface area contributed by atoms with Crippen LogP contribution >= 0.6 is 0 Å². The Kier molecular flexibility index (Phi) is 5.52. The number of rotatable bonds is 5. The van der Waals surface area contributed by atoms with Crippen LogP contribution < -0.4 is 10.8 Å². The number of benzene rings is 1. The Balaban J connectivity index is 1.86. The fourth-order valence-electron chi connectivity index (χ4n) is 2.52. The number of nitrogens with zero attached hydrogens (tertiary/aromatic N) is 1. The number of hydrogen-bond acceptors (Lipinski definition) is 5. The van der Waals surface area contributed by atoms with Crippen molar-refractivity contribution in [2.45, 2.75) is 38.5 Å². The van der Waals surface area contributed by atoms with E-state index in [1.165, 1.54) is 12.1 Å². The number of carbonyl (C=O) groups excluding carboxylic acids is 2. The van der Waals surface area contributed by atoms with Crippen molar-refractivity contribution in [2.24, 2.45) is 16.8 Å². The molecule has 0 aliphatic heterocycles. The van der Waals surface area contributed by atoms with Gasteiger partial charge in [-0.3, -0.25) is 0 Å². The van der Waals surface area contributed by atoms with E-state index in [-0.39, 0.29) is 29.7 Å². The zero-order chi connectivity index (χ0) is 15.9. The van der Waals surface area contributed by atoms with Crippen molar-refractivity contribution in [1.29, 1.82) is 0 Å². The Morgan fingerprint density at radius 1 is 1.18 bits per heavy atom. The average molecular weight is 303 g/mol. The summed E-state index contributed by atoms with van der Waals surface area (Å²) in [5.74, 6) is -1.46. The SMILES string of the molecule is N/C(Cc1ccc(C(=O)[O-])cc1)=N\OC(=O)C1CCCCC1. The van der Waals surface area contributed by atoms with E-state index in [1.807, 2.05) is 0 Å². The molecule has 22 heavy (non-hydrogen) atoms. The van der Waals surface area contributed by atoms with Gasteiger partial charge in [0.15, 0.2) is 0 Å². The Bertz CT molecular complexity index is 560. The molecule has 2 rings (SSSR count). The van der Waals surface area contributed by atoms with Crippen LogP contribution in [0, 0.1) is 5.92 Å². The minimum Gasteiger partial charge on any atom is -0.545 e. The van der Waals surface area contributed by atoms with Crippen molar-refractivity contribution in [3.8, 4) is 0 Å². The van der Waals surface area contributed by atoms with Crippen LogP contribution in [0.25, 0.3) is 0 Å². The predicted octanol–water partition coefficient (Wildman–Crippen LogP) is 0.988. The minimum atomic E-state index is -1.23. The molecule has 1 aromatic rings. The lowest BCUT2D eigenvalue weighted by Crippen LogP contribution is -2.22. The zero-order valence-electron chi connectivity index (χ0n) is 12.3. The van der Waals surface area contributed by atoms with E-state index >= 15 is 0 Å².